The van der Waals surface area contributed by atoms with Gasteiger partial charge in [-0.2, -0.15) is 0 Å². The van der Waals surface area contributed by atoms with E-state index >= 15 is 0 Å². The van der Waals surface area contributed by atoms with Crippen molar-refractivity contribution in [2.75, 3.05) is 6.54 Å². The molecule has 0 spiro atoms. The first-order valence-corrected chi connectivity index (χ1v) is 13.6. The van der Waals surface area contributed by atoms with Crippen LogP contribution in [-0.2, 0) is 0 Å². The van der Waals surface area contributed by atoms with E-state index < -0.39 is 0 Å². The van der Waals surface area contributed by atoms with Crippen LogP contribution in [0.5, 0.6) is 0 Å². The molecule has 2 fully saturated rings. The summed E-state index contributed by atoms with van der Waals surface area (Å²) in [6, 6.07) is 1.68. The molecule has 6 atom stereocenters. The molecule has 0 bridgehead atoms. The lowest BCUT2D eigenvalue weighted by atomic mass is 9.69. The third-order valence-electron chi connectivity index (χ3n) is 8.60. The van der Waals surface area contributed by atoms with E-state index in [1.165, 1.54) is 83.6 Å². The molecule has 0 aromatic heterocycles. The van der Waals surface area contributed by atoms with Crippen molar-refractivity contribution in [1.82, 2.24) is 4.90 Å². The second-order valence-electron chi connectivity index (χ2n) is 11.8. The molecular formula is C28H55N. The molecular weight excluding hydrogens is 350 g/mol. The van der Waals surface area contributed by atoms with Crippen molar-refractivity contribution >= 4 is 0 Å². The van der Waals surface area contributed by atoms with Crippen molar-refractivity contribution in [1.29, 1.82) is 0 Å². The standard InChI is InChI=1S/C28H55N/c1-8-9-10-11-12-13-18-29(27-19-23(6)14-16-25(27)21(2)3)28-20-24(7)15-17-26(28)22(4)5/h21-28H,8-20H2,1-7H3. The van der Waals surface area contributed by atoms with E-state index in [4.69, 9.17) is 0 Å². The van der Waals surface area contributed by atoms with Gasteiger partial charge in [0.1, 0.15) is 0 Å². The van der Waals surface area contributed by atoms with Crippen LogP contribution in [0.2, 0.25) is 0 Å². The van der Waals surface area contributed by atoms with Gasteiger partial charge < -0.3 is 0 Å². The van der Waals surface area contributed by atoms with Crippen LogP contribution < -0.4 is 0 Å². The van der Waals surface area contributed by atoms with E-state index in [0.717, 1.165) is 47.6 Å². The molecule has 2 aliphatic rings. The van der Waals surface area contributed by atoms with Gasteiger partial charge in [0, 0.05) is 12.1 Å². The zero-order valence-electron chi connectivity index (χ0n) is 21.3. The van der Waals surface area contributed by atoms with Gasteiger partial charge in [-0.3, -0.25) is 4.90 Å². The molecule has 2 saturated carbocycles. The van der Waals surface area contributed by atoms with Gasteiger partial charge in [-0.25, -0.2) is 0 Å². The SMILES string of the molecule is CCCCCCCCN(C1CC(C)CCC1C(C)C)C1CC(C)CCC1C(C)C. The van der Waals surface area contributed by atoms with Gasteiger partial charge in [-0.05, 0) is 74.2 Å². The summed E-state index contributed by atoms with van der Waals surface area (Å²) in [5, 5.41) is 0. The molecule has 2 aliphatic carbocycles. The summed E-state index contributed by atoms with van der Waals surface area (Å²) >= 11 is 0. The van der Waals surface area contributed by atoms with Gasteiger partial charge in [0.15, 0.2) is 0 Å². The van der Waals surface area contributed by atoms with Crippen molar-refractivity contribution in [2.45, 2.75) is 138 Å². The maximum absolute atomic E-state index is 3.13. The highest BCUT2D eigenvalue weighted by atomic mass is 15.2. The highest BCUT2D eigenvalue weighted by Gasteiger charge is 2.41. The number of hydrogen-bond acceptors (Lipinski definition) is 1. The van der Waals surface area contributed by atoms with Gasteiger partial charge in [-0.1, -0.05) is 93.4 Å². The predicted octanol–water partition coefficient (Wildman–Crippen LogP) is 8.57. The van der Waals surface area contributed by atoms with Crippen LogP contribution in [0.15, 0.2) is 0 Å². The summed E-state index contributed by atoms with van der Waals surface area (Å²) in [4.78, 5) is 3.13. The highest BCUT2D eigenvalue weighted by molar-refractivity contribution is 4.95. The van der Waals surface area contributed by atoms with E-state index in [1.807, 2.05) is 0 Å². The Balaban J connectivity index is 2.16. The molecule has 6 unspecified atom stereocenters. The fraction of sp³-hybridized carbons (Fsp3) is 1.00. The van der Waals surface area contributed by atoms with Crippen molar-refractivity contribution < 1.29 is 0 Å². The Labute approximate surface area is 184 Å². The first-order valence-electron chi connectivity index (χ1n) is 13.6. The maximum atomic E-state index is 3.13. The Kier molecular flexibility index (Phi) is 11.1. The van der Waals surface area contributed by atoms with E-state index in [1.54, 1.807) is 0 Å². The minimum atomic E-state index is 0.832. The topological polar surface area (TPSA) is 3.24 Å². The van der Waals surface area contributed by atoms with Gasteiger partial charge >= 0.3 is 0 Å². The van der Waals surface area contributed by atoms with Crippen molar-refractivity contribution in [3.63, 3.8) is 0 Å². The van der Waals surface area contributed by atoms with Crippen LogP contribution in [0, 0.1) is 35.5 Å². The molecule has 0 aromatic rings. The predicted molar refractivity (Wildman–Crippen MR) is 130 cm³/mol. The van der Waals surface area contributed by atoms with Crippen LogP contribution in [0.3, 0.4) is 0 Å². The molecule has 0 saturated heterocycles. The molecule has 0 aliphatic heterocycles. The first-order chi connectivity index (χ1) is 13.8. The quantitative estimate of drug-likeness (QED) is 0.311. The molecule has 172 valence electrons. The Morgan fingerprint density at radius 2 is 1.10 bits per heavy atom. The lowest BCUT2D eigenvalue weighted by molar-refractivity contribution is -0.0235. The largest absolute Gasteiger partial charge is 0.297 e. The average molecular weight is 406 g/mol. The smallest absolute Gasteiger partial charge is 0.0131 e. The third-order valence-corrected chi connectivity index (χ3v) is 8.60. The summed E-state index contributed by atoms with van der Waals surface area (Å²) < 4.78 is 0. The zero-order valence-corrected chi connectivity index (χ0v) is 21.3. The Morgan fingerprint density at radius 1 is 0.655 bits per heavy atom. The van der Waals surface area contributed by atoms with Crippen LogP contribution >= 0.6 is 0 Å². The Hall–Kier alpha value is -0.0400. The summed E-state index contributed by atoms with van der Waals surface area (Å²) in [6.45, 7) is 18.7. The molecule has 0 amide bonds. The van der Waals surface area contributed by atoms with E-state index in [0.29, 0.717) is 0 Å². The lowest BCUT2D eigenvalue weighted by Crippen LogP contribution is -2.55. The second-order valence-corrected chi connectivity index (χ2v) is 11.8. The summed E-state index contributed by atoms with van der Waals surface area (Å²) in [7, 11) is 0. The number of rotatable bonds is 11. The molecule has 0 aromatic carbocycles. The third kappa shape index (κ3) is 7.55. The minimum Gasteiger partial charge on any atom is -0.297 e. The number of unbranched alkanes of at least 4 members (excludes halogenated alkanes) is 5. The Morgan fingerprint density at radius 3 is 1.55 bits per heavy atom. The first kappa shape index (κ1) is 25.2. The van der Waals surface area contributed by atoms with Crippen LogP contribution in [0.4, 0.5) is 0 Å². The molecule has 2 rings (SSSR count). The van der Waals surface area contributed by atoms with Crippen LogP contribution in [0.25, 0.3) is 0 Å². The normalized spacial score (nSPS) is 33.7. The van der Waals surface area contributed by atoms with Gasteiger partial charge in [-0.15, -0.1) is 0 Å². The van der Waals surface area contributed by atoms with E-state index in [-0.39, 0.29) is 0 Å². The minimum absolute atomic E-state index is 0.832. The number of hydrogen-bond donors (Lipinski definition) is 0. The van der Waals surface area contributed by atoms with Gasteiger partial charge in [0.05, 0.1) is 0 Å². The second kappa shape index (κ2) is 12.7. The summed E-state index contributed by atoms with van der Waals surface area (Å²) in [6.07, 6.45) is 17.3. The van der Waals surface area contributed by atoms with E-state index in [9.17, 15) is 0 Å². The van der Waals surface area contributed by atoms with E-state index in [2.05, 4.69) is 53.4 Å². The van der Waals surface area contributed by atoms with Crippen molar-refractivity contribution in [3.8, 4) is 0 Å². The monoisotopic (exact) mass is 405 g/mol. The Bertz CT molecular complexity index is 396. The zero-order chi connectivity index (χ0) is 21.4. The molecule has 1 nitrogen and oxygen atoms in total. The van der Waals surface area contributed by atoms with Crippen LogP contribution in [0.1, 0.15) is 126 Å². The molecule has 0 heterocycles. The highest BCUT2D eigenvalue weighted by Crippen LogP contribution is 2.43. The fourth-order valence-corrected chi connectivity index (χ4v) is 6.72. The summed E-state index contributed by atoms with van der Waals surface area (Å²) in [5.41, 5.74) is 0. The summed E-state index contributed by atoms with van der Waals surface area (Å²) in [5.74, 6) is 5.32. The fourth-order valence-electron chi connectivity index (χ4n) is 6.72. The number of nitrogens with zero attached hydrogens (tertiary/aromatic N) is 1. The van der Waals surface area contributed by atoms with Gasteiger partial charge in [0.25, 0.3) is 0 Å². The molecule has 0 N–H and O–H groups in total. The molecule has 1 heteroatoms. The van der Waals surface area contributed by atoms with Gasteiger partial charge in [0.2, 0.25) is 0 Å². The van der Waals surface area contributed by atoms with Crippen LogP contribution in [-0.4, -0.2) is 23.5 Å². The molecule has 0 radical (unpaired) electrons. The average Bonchev–Trinajstić information content (AvgIpc) is 2.66. The van der Waals surface area contributed by atoms with Crippen molar-refractivity contribution in [2.24, 2.45) is 35.5 Å². The maximum Gasteiger partial charge on any atom is 0.0131 e. The lowest BCUT2D eigenvalue weighted by Gasteiger charge is -2.52. The van der Waals surface area contributed by atoms with Crippen molar-refractivity contribution in [3.05, 3.63) is 0 Å². The molecule has 29 heavy (non-hydrogen) atoms.